The number of nitrogen functional groups attached to an aromatic ring is 1. The molecule has 4 heteroatoms. The van der Waals surface area contributed by atoms with Gasteiger partial charge in [0, 0.05) is 6.07 Å². The Morgan fingerprint density at radius 2 is 2.11 bits per heavy atom. The normalized spacial score (nSPS) is 25.0. The minimum atomic E-state index is 0.173. The molecule has 104 valence electrons. The summed E-state index contributed by atoms with van der Waals surface area (Å²) in [4.78, 5) is 0. The lowest BCUT2D eigenvalue weighted by atomic mass is 9.98. The molecule has 0 amide bonds. The van der Waals surface area contributed by atoms with Crippen molar-refractivity contribution in [2.75, 3.05) is 12.3 Å². The van der Waals surface area contributed by atoms with Gasteiger partial charge >= 0.3 is 0 Å². The zero-order valence-electron chi connectivity index (χ0n) is 11.0. The van der Waals surface area contributed by atoms with Crippen LogP contribution in [0.2, 0.25) is 5.02 Å². The minimum absolute atomic E-state index is 0.173. The van der Waals surface area contributed by atoms with Crippen LogP contribution in [-0.2, 0) is 4.74 Å². The highest BCUT2D eigenvalue weighted by atomic mass is 35.5. The van der Waals surface area contributed by atoms with Crippen molar-refractivity contribution in [1.82, 2.24) is 0 Å². The van der Waals surface area contributed by atoms with E-state index in [4.69, 9.17) is 26.8 Å². The highest BCUT2D eigenvalue weighted by Crippen LogP contribution is 2.43. The first-order chi connectivity index (χ1) is 9.17. The van der Waals surface area contributed by atoms with Crippen molar-refractivity contribution in [2.45, 2.75) is 50.2 Å². The van der Waals surface area contributed by atoms with Gasteiger partial charge in [-0.1, -0.05) is 24.4 Å². The van der Waals surface area contributed by atoms with Gasteiger partial charge in [0.2, 0.25) is 0 Å². The van der Waals surface area contributed by atoms with Crippen LogP contribution in [0.1, 0.15) is 38.5 Å². The first-order valence-electron chi connectivity index (χ1n) is 7.03. The fourth-order valence-corrected chi connectivity index (χ4v) is 3.36. The van der Waals surface area contributed by atoms with Crippen LogP contribution >= 0.6 is 11.6 Å². The first kappa shape index (κ1) is 13.1. The average molecular weight is 282 g/mol. The summed E-state index contributed by atoms with van der Waals surface area (Å²) in [6.45, 7) is 0.599. The third-order valence-electron chi connectivity index (χ3n) is 4.26. The third-order valence-corrected chi connectivity index (χ3v) is 4.59. The standard InChI is InChI=1S/C15H20ClNO2/c16-13-9-11(3-4-14(13)17)18-10-12-5-8-15(19-12)6-1-2-7-15/h3-4,9,12H,1-2,5-8,10,17H2. The van der Waals surface area contributed by atoms with E-state index in [9.17, 15) is 0 Å². The highest BCUT2D eigenvalue weighted by molar-refractivity contribution is 6.33. The molecule has 2 N–H and O–H groups in total. The molecule has 0 radical (unpaired) electrons. The van der Waals surface area contributed by atoms with Gasteiger partial charge in [-0.15, -0.1) is 0 Å². The molecule has 1 spiro atoms. The van der Waals surface area contributed by atoms with E-state index >= 15 is 0 Å². The second-order valence-corrected chi connectivity index (χ2v) is 6.07. The maximum atomic E-state index is 6.20. The fraction of sp³-hybridized carbons (Fsp3) is 0.600. The predicted molar refractivity (Wildman–Crippen MR) is 76.7 cm³/mol. The van der Waals surface area contributed by atoms with Crippen LogP contribution in [0, 0.1) is 0 Å². The summed E-state index contributed by atoms with van der Waals surface area (Å²) >= 11 is 5.97. The van der Waals surface area contributed by atoms with Crippen LogP contribution in [0.3, 0.4) is 0 Å². The Balaban J connectivity index is 1.54. The number of benzene rings is 1. The maximum Gasteiger partial charge on any atom is 0.121 e. The van der Waals surface area contributed by atoms with Crippen molar-refractivity contribution < 1.29 is 9.47 Å². The molecule has 1 unspecified atom stereocenters. The molecular weight excluding hydrogens is 262 g/mol. The minimum Gasteiger partial charge on any atom is -0.491 e. The molecule has 1 heterocycles. The van der Waals surface area contributed by atoms with Crippen molar-refractivity contribution in [3.8, 4) is 5.75 Å². The molecule has 1 atom stereocenters. The number of rotatable bonds is 3. The van der Waals surface area contributed by atoms with Gasteiger partial charge in [0.05, 0.1) is 22.4 Å². The lowest BCUT2D eigenvalue weighted by Gasteiger charge is -2.23. The van der Waals surface area contributed by atoms with Crippen molar-refractivity contribution in [1.29, 1.82) is 0 Å². The third kappa shape index (κ3) is 2.82. The van der Waals surface area contributed by atoms with E-state index in [-0.39, 0.29) is 11.7 Å². The van der Waals surface area contributed by atoms with Gasteiger partial charge in [0.25, 0.3) is 0 Å². The molecule has 3 rings (SSSR count). The maximum absolute atomic E-state index is 6.20. The lowest BCUT2D eigenvalue weighted by Crippen LogP contribution is -2.27. The fourth-order valence-electron chi connectivity index (χ4n) is 3.19. The van der Waals surface area contributed by atoms with Crippen molar-refractivity contribution in [3.63, 3.8) is 0 Å². The molecule has 1 aromatic carbocycles. The summed E-state index contributed by atoms with van der Waals surface area (Å²) in [6.07, 6.45) is 7.55. The topological polar surface area (TPSA) is 44.5 Å². The van der Waals surface area contributed by atoms with E-state index in [0.717, 1.165) is 12.2 Å². The molecule has 3 nitrogen and oxygen atoms in total. The molecule has 1 aromatic rings. The quantitative estimate of drug-likeness (QED) is 0.857. The van der Waals surface area contributed by atoms with Crippen LogP contribution in [0.25, 0.3) is 0 Å². The summed E-state index contributed by atoms with van der Waals surface area (Å²) in [5.74, 6) is 0.759. The van der Waals surface area contributed by atoms with Crippen LogP contribution in [0.15, 0.2) is 18.2 Å². The van der Waals surface area contributed by atoms with E-state index in [1.165, 1.54) is 32.1 Å². The number of hydrogen-bond donors (Lipinski definition) is 1. The number of halogens is 1. The summed E-state index contributed by atoms with van der Waals surface area (Å²) < 4.78 is 12.0. The number of anilines is 1. The van der Waals surface area contributed by atoms with E-state index < -0.39 is 0 Å². The monoisotopic (exact) mass is 281 g/mol. The van der Waals surface area contributed by atoms with Gasteiger partial charge in [-0.2, -0.15) is 0 Å². The van der Waals surface area contributed by atoms with E-state index in [2.05, 4.69) is 0 Å². The molecular formula is C15H20ClNO2. The summed E-state index contributed by atoms with van der Waals surface area (Å²) in [6, 6.07) is 5.38. The Kier molecular flexibility index (Phi) is 3.59. The van der Waals surface area contributed by atoms with E-state index in [0.29, 0.717) is 17.3 Å². The molecule has 1 aliphatic heterocycles. The zero-order valence-corrected chi connectivity index (χ0v) is 11.8. The van der Waals surface area contributed by atoms with E-state index in [1.807, 2.05) is 6.07 Å². The van der Waals surface area contributed by atoms with Gasteiger partial charge in [-0.3, -0.25) is 0 Å². The number of nitrogens with two attached hydrogens (primary N) is 1. The summed E-state index contributed by atoms with van der Waals surface area (Å²) in [5, 5.41) is 0.539. The van der Waals surface area contributed by atoms with Gasteiger partial charge in [0.15, 0.2) is 0 Å². The molecule has 2 aliphatic rings. The Bertz CT molecular complexity index is 457. The number of ether oxygens (including phenoxy) is 2. The largest absolute Gasteiger partial charge is 0.491 e. The van der Waals surface area contributed by atoms with Crippen LogP contribution < -0.4 is 10.5 Å². The van der Waals surface area contributed by atoms with Crippen molar-refractivity contribution in [3.05, 3.63) is 23.2 Å². The highest BCUT2D eigenvalue weighted by Gasteiger charge is 2.42. The van der Waals surface area contributed by atoms with Gasteiger partial charge in [0.1, 0.15) is 12.4 Å². The summed E-state index contributed by atoms with van der Waals surface area (Å²) in [5.41, 5.74) is 6.43. The Hall–Kier alpha value is -0.930. The molecule has 1 saturated carbocycles. The molecule has 2 fully saturated rings. The van der Waals surface area contributed by atoms with E-state index in [1.54, 1.807) is 12.1 Å². The van der Waals surface area contributed by atoms with Crippen LogP contribution in [0.4, 0.5) is 5.69 Å². The Labute approximate surface area is 119 Å². The predicted octanol–water partition coefficient (Wildman–Crippen LogP) is 3.79. The van der Waals surface area contributed by atoms with Gasteiger partial charge in [-0.05, 0) is 37.8 Å². The van der Waals surface area contributed by atoms with Crippen molar-refractivity contribution in [2.24, 2.45) is 0 Å². The lowest BCUT2D eigenvalue weighted by molar-refractivity contribution is -0.0508. The average Bonchev–Trinajstić information content (AvgIpc) is 3.02. The van der Waals surface area contributed by atoms with Gasteiger partial charge in [-0.25, -0.2) is 0 Å². The zero-order chi connectivity index (χ0) is 13.3. The van der Waals surface area contributed by atoms with Gasteiger partial charge < -0.3 is 15.2 Å². The first-order valence-corrected chi connectivity index (χ1v) is 7.40. The molecule has 0 bridgehead atoms. The second-order valence-electron chi connectivity index (χ2n) is 5.66. The smallest absolute Gasteiger partial charge is 0.121 e. The van der Waals surface area contributed by atoms with Crippen LogP contribution in [-0.4, -0.2) is 18.3 Å². The number of hydrogen-bond acceptors (Lipinski definition) is 3. The van der Waals surface area contributed by atoms with Crippen LogP contribution in [0.5, 0.6) is 5.75 Å². The SMILES string of the molecule is Nc1ccc(OCC2CCC3(CCCC3)O2)cc1Cl. The molecule has 19 heavy (non-hydrogen) atoms. The molecule has 0 aromatic heterocycles. The molecule has 1 saturated heterocycles. The Morgan fingerprint density at radius 3 is 2.84 bits per heavy atom. The van der Waals surface area contributed by atoms with Crippen molar-refractivity contribution >= 4 is 17.3 Å². The molecule has 1 aliphatic carbocycles. The Morgan fingerprint density at radius 1 is 1.32 bits per heavy atom. The second kappa shape index (κ2) is 5.22. The summed E-state index contributed by atoms with van der Waals surface area (Å²) in [7, 11) is 0.